The zero-order chi connectivity index (χ0) is 20.8. The lowest BCUT2D eigenvalue weighted by atomic mass is 10.2. The SMILES string of the molecule is COc1ccc(NC(=O)c2nc(C(=O)NCCCN(C)C)n3ccccc23)cc1. The fourth-order valence-electron chi connectivity index (χ4n) is 2.91. The van der Waals surface area contributed by atoms with Crippen LogP contribution >= 0.6 is 0 Å². The summed E-state index contributed by atoms with van der Waals surface area (Å²) >= 11 is 0. The van der Waals surface area contributed by atoms with Crippen LogP contribution in [0.5, 0.6) is 5.75 Å². The number of amides is 2. The van der Waals surface area contributed by atoms with E-state index in [9.17, 15) is 9.59 Å². The Kier molecular flexibility index (Phi) is 6.46. The number of nitrogens with zero attached hydrogens (tertiary/aromatic N) is 3. The molecule has 2 N–H and O–H groups in total. The number of rotatable bonds is 8. The van der Waals surface area contributed by atoms with Crippen LogP contribution in [0, 0.1) is 0 Å². The highest BCUT2D eigenvalue weighted by molar-refractivity contribution is 6.08. The number of anilines is 1. The van der Waals surface area contributed by atoms with Crippen LogP contribution in [0.15, 0.2) is 48.7 Å². The Morgan fingerprint density at radius 2 is 1.86 bits per heavy atom. The number of carbonyl (C=O) groups excluding carboxylic acids is 2. The zero-order valence-corrected chi connectivity index (χ0v) is 16.8. The normalized spacial score (nSPS) is 10.9. The topological polar surface area (TPSA) is 88.0 Å². The van der Waals surface area contributed by atoms with Gasteiger partial charge in [-0.1, -0.05) is 6.07 Å². The van der Waals surface area contributed by atoms with Gasteiger partial charge in [0.1, 0.15) is 5.75 Å². The van der Waals surface area contributed by atoms with Gasteiger partial charge in [0.2, 0.25) is 5.82 Å². The molecule has 0 spiro atoms. The van der Waals surface area contributed by atoms with Crippen molar-refractivity contribution in [2.75, 3.05) is 39.6 Å². The number of hydrogen-bond acceptors (Lipinski definition) is 5. The van der Waals surface area contributed by atoms with Crippen LogP contribution in [0.4, 0.5) is 5.69 Å². The van der Waals surface area contributed by atoms with E-state index in [1.165, 1.54) is 0 Å². The highest BCUT2D eigenvalue weighted by Gasteiger charge is 2.21. The molecule has 0 radical (unpaired) electrons. The van der Waals surface area contributed by atoms with Gasteiger partial charge < -0.3 is 20.3 Å². The summed E-state index contributed by atoms with van der Waals surface area (Å²) < 4.78 is 6.75. The van der Waals surface area contributed by atoms with Crippen molar-refractivity contribution >= 4 is 23.0 Å². The average Bonchev–Trinajstić information content (AvgIpc) is 3.11. The van der Waals surface area contributed by atoms with E-state index in [4.69, 9.17) is 4.74 Å². The fraction of sp³-hybridized carbons (Fsp3) is 0.286. The number of methoxy groups -OCH3 is 1. The van der Waals surface area contributed by atoms with Gasteiger partial charge in [-0.05, 0) is 63.5 Å². The lowest BCUT2D eigenvalue weighted by Crippen LogP contribution is -2.28. The predicted octanol–water partition coefficient (Wildman–Crippen LogP) is 2.28. The number of fused-ring (bicyclic) bond motifs is 1. The molecular formula is C21H25N5O3. The van der Waals surface area contributed by atoms with E-state index >= 15 is 0 Å². The van der Waals surface area contributed by atoms with Gasteiger partial charge in [0.15, 0.2) is 5.69 Å². The molecule has 0 fully saturated rings. The number of hydrogen-bond donors (Lipinski definition) is 2. The van der Waals surface area contributed by atoms with E-state index in [2.05, 4.69) is 20.5 Å². The van der Waals surface area contributed by atoms with Gasteiger partial charge in [-0.15, -0.1) is 0 Å². The Morgan fingerprint density at radius 1 is 1.10 bits per heavy atom. The maximum Gasteiger partial charge on any atom is 0.287 e. The average molecular weight is 395 g/mol. The van der Waals surface area contributed by atoms with Crippen molar-refractivity contribution in [2.24, 2.45) is 0 Å². The zero-order valence-electron chi connectivity index (χ0n) is 16.8. The molecule has 2 amide bonds. The van der Waals surface area contributed by atoms with Gasteiger partial charge in [0, 0.05) is 18.4 Å². The Labute approximate surface area is 169 Å². The first-order valence-electron chi connectivity index (χ1n) is 9.35. The first-order valence-corrected chi connectivity index (χ1v) is 9.35. The van der Waals surface area contributed by atoms with Gasteiger partial charge in [0.25, 0.3) is 11.8 Å². The van der Waals surface area contributed by atoms with E-state index in [1.54, 1.807) is 60.2 Å². The fourth-order valence-corrected chi connectivity index (χ4v) is 2.91. The Hall–Kier alpha value is -3.39. The molecule has 0 aliphatic rings. The molecule has 0 saturated heterocycles. The second-order valence-electron chi connectivity index (χ2n) is 6.84. The number of pyridine rings is 1. The first-order chi connectivity index (χ1) is 14.0. The Balaban J connectivity index is 1.79. The van der Waals surface area contributed by atoms with E-state index in [-0.39, 0.29) is 23.3 Å². The van der Waals surface area contributed by atoms with E-state index in [0.717, 1.165) is 13.0 Å². The number of aromatic nitrogens is 2. The molecule has 3 rings (SSSR count). The monoisotopic (exact) mass is 395 g/mol. The van der Waals surface area contributed by atoms with Gasteiger partial charge in [-0.3, -0.25) is 14.0 Å². The minimum atomic E-state index is -0.384. The summed E-state index contributed by atoms with van der Waals surface area (Å²) in [5, 5.41) is 5.68. The van der Waals surface area contributed by atoms with Crippen LogP contribution in [-0.2, 0) is 0 Å². The molecule has 8 nitrogen and oxygen atoms in total. The van der Waals surface area contributed by atoms with Crippen molar-refractivity contribution in [3.05, 3.63) is 60.2 Å². The third-order valence-corrected chi connectivity index (χ3v) is 4.38. The quantitative estimate of drug-likeness (QED) is 0.572. The second kappa shape index (κ2) is 9.20. The largest absolute Gasteiger partial charge is 0.497 e. The molecule has 0 unspecified atom stereocenters. The van der Waals surface area contributed by atoms with Crippen molar-refractivity contribution < 1.29 is 14.3 Å². The molecule has 2 heterocycles. The van der Waals surface area contributed by atoms with Crippen molar-refractivity contribution in [2.45, 2.75) is 6.42 Å². The number of carbonyl (C=O) groups is 2. The van der Waals surface area contributed by atoms with Crippen molar-refractivity contribution in [3.63, 3.8) is 0 Å². The van der Waals surface area contributed by atoms with Crippen molar-refractivity contribution in [1.82, 2.24) is 19.6 Å². The molecule has 0 aliphatic heterocycles. The van der Waals surface area contributed by atoms with Crippen LogP contribution in [0.3, 0.4) is 0 Å². The van der Waals surface area contributed by atoms with E-state index in [1.807, 2.05) is 14.1 Å². The Morgan fingerprint density at radius 3 is 2.55 bits per heavy atom. The smallest absolute Gasteiger partial charge is 0.287 e. The molecule has 0 aliphatic carbocycles. The number of imidazole rings is 1. The van der Waals surface area contributed by atoms with E-state index in [0.29, 0.717) is 23.5 Å². The number of nitrogens with one attached hydrogen (secondary N) is 2. The van der Waals surface area contributed by atoms with E-state index < -0.39 is 0 Å². The summed E-state index contributed by atoms with van der Waals surface area (Å²) in [6.07, 6.45) is 2.55. The predicted molar refractivity (Wildman–Crippen MR) is 112 cm³/mol. The van der Waals surface area contributed by atoms with Crippen LogP contribution in [0.25, 0.3) is 5.52 Å². The van der Waals surface area contributed by atoms with Gasteiger partial charge in [-0.25, -0.2) is 4.98 Å². The van der Waals surface area contributed by atoms with Crippen LogP contribution in [0.2, 0.25) is 0 Å². The molecule has 3 aromatic rings. The third kappa shape index (κ3) is 4.91. The molecule has 1 aromatic carbocycles. The van der Waals surface area contributed by atoms with Crippen LogP contribution in [-0.4, -0.2) is 60.4 Å². The molecular weight excluding hydrogens is 370 g/mol. The molecule has 0 saturated carbocycles. The lowest BCUT2D eigenvalue weighted by molar-refractivity contribution is 0.0941. The summed E-state index contributed by atoms with van der Waals surface area (Å²) in [6, 6.07) is 12.4. The maximum absolute atomic E-state index is 12.8. The molecule has 0 bridgehead atoms. The van der Waals surface area contributed by atoms with Crippen molar-refractivity contribution in [1.29, 1.82) is 0 Å². The van der Waals surface area contributed by atoms with Gasteiger partial charge in [0.05, 0.1) is 12.6 Å². The first kappa shape index (κ1) is 20.3. The van der Waals surface area contributed by atoms with Gasteiger partial charge >= 0.3 is 0 Å². The standard InChI is InChI=1S/C21H25N5O3/c1-25(2)13-6-12-22-21(28)19-24-18(17-7-4-5-14-26(17)19)20(27)23-15-8-10-16(29-3)11-9-15/h4-5,7-11,14H,6,12-13H2,1-3H3,(H,22,28)(H,23,27). The molecule has 8 heteroatoms. The summed E-state index contributed by atoms with van der Waals surface area (Å²) in [4.78, 5) is 31.8. The maximum atomic E-state index is 12.8. The minimum Gasteiger partial charge on any atom is -0.497 e. The minimum absolute atomic E-state index is 0.185. The van der Waals surface area contributed by atoms with Crippen LogP contribution in [0.1, 0.15) is 27.5 Å². The summed E-state index contributed by atoms with van der Waals surface area (Å²) in [5.74, 6) is 0.188. The number of benzene rings is 1. The lowest BCUT2D eigenvalue weighted by Gasteiger charge is -2.09. The number of ether oxygens (including phenoxy) is 1. The second-order valence-corrected chi connectivity index (χ2v) is 6.84. The van der Waals surface area contributed by atoms with Crippen LogP contribution < -0.4 is 15.4 Å². The molecule has 0 atom stereocenters. The molecule has 2 aromatic heterocycles. The molecule has 152 valence electrons. The van der Waals surface area contributed by atoms with Crippen molar-refractivity contribution in [3.8, 4) is 5.75 Å². The highest BCUT2D eigenvalue weighted by atomic mass is 16.5. The highest BCUT2D eigenvalue weighted by Crippen LogP contribution is 2.18. The third-order valence-electron chi connectivity index (χ3n) is 4.38. The summed E-state index contributed by atoms with van der Waals surface area (Å²) in [5.41, 5.74) is 1.37. The van der Waals surface area contributed by atoms with Gasteiger partial charge in [-0.2, -0.15) is 0 Å². The molecule has 29 heavy (non-hydrogen) atoms. The Bertz CT molecular complexity index is 995. The summed E-state index contributed by atoms with van der Waals surface area (Å²) in [6.45, 7) is 1.41. The summed E-state index contributed by atoms with van der Waals surface area (Å²) in [7, 11) is 5.55.